The minimum atomic E-state index is 0.0778. The van der Waals surface area contributed by atoms with Crippen LogP contribution in [-0.4, -0.2) is 50.2 Å². The lowest BCUT2D eigenvalue weighted by Crippen LogP contribution is -2.45. The van der Waals surface area contributed by atoms with Crippen molar-refractivity contribution in [2.45, 2.75) is 38.6 Å². The zero-order valence-corrected chi connectivity index (χ0v) is 14.2. The summed E-state index contributed by atoms with van der Waals surface area (Å²) in [6.07, 6.45) is 4.80. The van der Waals surface area contributed by atoms with Crippen LogP contribution >= 0.6 is 0 Å². The molecule has 0 aromatic heterocycles. The van der Waals surface area contributed by atoms with Crippen LogP contribution in [0.5, 0.6) is 11.5 Å². The number of carbonyl (C=O) groups is 1. The van der Waals surface area contributed by atoms with Crippen molar-refractivity contribution in [1.82, 2.24) is 10.2 Å². The van der Waals surface area contributed by atoms with Gasteiger partial charge in [-0.1, -0.05) is 25.5 Å². The van der Waals surface area contributed by atoms with Crippen molar-refractivity contribution in [2.24, 2.45) is 0 Å². The Labute approximate surface area is 139 Å². The smallest absolute Gasteiger partial charge is 0.234 e. The number of carbonyl (C=O) groups excluding carboxylic acids is 1. The second kappa shape index (κ2) is 9.40. The van der Waals surface area contributed by atoms with Crippen LogP contribution in [0, 0.1) is 0 Å². The number of ether oxygens (including phenoxy) is 2. The fourth-order valence-electron chi connectivity index (χ4n) is 3.06. The maximum absolute atomic E-state index is 12.1. The Morgan fingerprint density at radius 3 is 2.83 bits per heavy atom. The number of methoxy groups -OCH3 is 1. The highest BCUT2D eigenvalue weighted by Crippen LogP contribution is 2.25. The lowest BCUT2D eigenvalue weighted by Gasteiger charge is -2.34. The molecule has 1 saturated heterocycles. The van der Waals surface area contributed by atoms with Crippen LogP contribution in [0.1, 0.15) is 32.6 Å². The molecule has 128 valence electrons. The minimum absolute atomic E-state index is 0.0778. The molecule has 5 heteroatoms. The maximum atomic E-state index is 12.1. The number of hydrogen-bond acceptors (Lipinski definition) is 4. The number of para-hydroxylation sites is 2. The van der Waals surface area contributed by atoms with Gasteiger partial charge in [-0.15, -0.1) is 0 Å². The largest absolute Gasteiger partial charge is 0.493 e. The minimum Gasteiger partial charge on any atom is -0.493 e. The average molecular weight is 320 g/mol. The summed E-state index contributed by atoms with van der Waals surface area (Å²) in [7, 11) is 1.62. The van der Waals surface area contributed by atoms with E-state index < -0.39 is 0 Å². The molecule has 1 heterocycles. The molecule has 1 aliphatic rings. The maximum Gasteiger partial charge on any atom is 0.234 e. The lowest BCUT2D eigenvalue weighted by atomic mass is 10.0. The van der Waals surface area contributed by atoms with Crippen molar-refractivity contribution >= 4 is 5.91 Å². The summed E-state index contributed by atoms with van der Waals surface area (Å²) in [5, 5.41) is 2.94. The van der Waals surface area contributed by atoms with Gasteiger partial charge in [-0.2, -0.15) is 0 Å². The van der Waals surface area contributed by atoms with E-state index in [9.17, 15) is 4.79 Å². The van der Waals surface area contributed by atoms with Crippen molar-refractivity contribution in [3.8, 4) is 11.5 Å². The van der Waals surface area contributed by atoms with Crippen molar-refractivity contribution in [3.63, 3.8) is 0 Å². The zero-order chi connectivity index (χ0) is 16.5. The lowest BCUT2D eigenvalue weighted by molar-refractivity contribution is -0.123. The van der Waals surface area contributed by atoms with Crippen LogP contribution in [0.3, 0.4) is 0 Å². The molecule has 1 aliphatic heterocycles. The highest BCUT2D eigenvalue weighted by molar-refractivity contribution is 5.78. The number of rotatable bonds is 8. The normalized spacial score (nSPS) is 18.4. The molecule has 1 N–H and O–H groups in total. The van der Waals surface area contributed by atoms with Gasteiger partial charge in [0.1, 0.15) is 6.61 Å². The van der Waals surface area contributed by atoms with E-state index in [1.165, 1.54) is 19.3 Å². The second-order valence-electron chi connectivity index (χ2n) is 5.88. The summed E-state index contributed by atoms with van der Waals surface area (Å²) in [5.41, 5.74) is 0. The van der Waals surface area contributed by atoms with Gasteiger partial charge in [-0.05, 0) is 37.9 Å². The van der Waals surface area contributed by atoms with E-state index in [1.54, 1.807) is 7.11 Å². The molecule has 2 rings (SSSR count). The number of nitrogens with zero attached hydrogens (tertiary/aromatic N) is 1. The van der Waals surface area contributed by atoms with Crippen LogP contribution in [0.25, 0.3) is 0 Å². The van der Waals surface area contributed by atoms with Crippen molar-refractivity contribution in [3.05, 3.63) is 24.3 Å². The first-order valence-corrected chi connectivity index (χ1v) is 8.51. The Kier molecular flexibility index (Phi) is 7.20. The van der Waals surface area contributed by atoms with E-state index in [0.29, 0.717) is 37.2 Å². The van der Waals surface area contributed by atoms with Gasteiger partial charge in [-0.25, -0.2) is 0 Å². The fraction of sp³-hybridized carbons (Fsp3) is 0.611. The highest BCUT2D eigenvalue weighted by atomic mass is 16.5. The average Bonchev–Trinajstić information content (AvgIpc) is 2.59. The molecule has 5 nitrogen and oxygen atoms in total. The first-order valence-electron chi connectivity index (χ1n) is 8.51. The van der Waals surface area contributed by atoms with Crippen LogP contribution in [0.2, 0.25) is 0 Å². The molecule has 1 fully saturated rings. The molecule has 0 bridgehead atoms. The highest BCUT2D eigenvalue weighted by Gasteiger charge is 2.22. The SMILES string of the molecule is CC[C@@H]1CCCCN1CC(=O)NCCOc1ccccc1OC. The number of benzene rings is 1. The molecular formula is C18H28N2O3. The third kappa shape index (κ3) is 5.43. The van der Waals surface area contributed by atoms with Crippen LogP contribution in [-0.2, 0) is 4.79 Å². The van der Waals surface area contributed by atoms with Gasteiger partial charge in [0, 0.05) is 6.04 Å². The summed E-state index contributed by atoms with van der Waals surface area (Å²) in [6, 6.07) is 8.07. The summed E-state index contributed by atoms with van der Waals surface area (Å²) in [4.78, 5) is 14.4. The first-order chi connectivity index (χ1) is 11.2. The van der Waals surface area contributed by atoms with Gasteiger partial charge in [0.2, 0.25) is 5.91 Å². The molecule has 0 aliphatic carbocycles. The monoisotopic (exact) mass is 320 g/mol. The number of likely N-dealkylation sites (tertiary alicyclic amines) is 1. The molecule has 23 heavy (non-hydrogen) atoms. The first kappa shape index (κ1) is 17.6. The van der Waals surface area contributed by atoms with E-state index >= 15 is 0 Å². The van der Waals surface area contributed by atoms with Crippen LogP contribution in [0.15, 0.2) is 24.3 Å². The molecule has 1 aromatic carbocycles. The van der Waals surface area contributed by atoms with Gasteiger partial charge in [-0.3, -0.25) is 9.69 Å². The molecule has 0 spiro atoms. The molecule has 1 atom stereocenters. The van der Waals surface area contributed by atoms with Crippen molar-refractivity contribution in [1.29, 1.82) is 0 Å². The van der Waals surface area contributed by atoms with E-state index in [-0.39, 0.29) is 5.91 Å². The topological polar surface area (TPSA) is 50.8 Å². The summed E-state index contributed by atoms with van der Waals surface area (Å²) < 4.78 is 10.9. The summed E-state index contributed by atoms with van der Waals surface area (Å²) in [6.45, 7) is 4.66. The summed E-state index contributed by atoms with van der Waals surface area (Å²) >= 11 is 0. The van der Waals surface area contributed by atoms with Gasteiger partial charge < -0.3 is 14.8 Å². The van der Waals surface area contributed by atoms with Crippen LogP contribution < -0.4 is 14.8 Å². The predicted molar refractivity (Wildman–Crippen MR) is 91.0 cm³/mol. The number of hydrogen-bond donors (Lipinski definition) is 1. The quantitative estimate of drug-likeness (QED) is 0.748. The Morgan fingerprint density at radius 1 is 1.30 bits per heavy atom. The molecular weight excluding hydrogens is 292 g/mol. The molecule has 0 saturated carbocycles. The third-order valence-corrected chi connectivity index (χ3v) is 4.32. The van der Waals surface area contributed by atoms with Gasteiger partial charge in [0.25, 0.3) is 0 Å². The number of piperidine rings is 1. The van der Waals surface area contributed by atoms with Gasteiger partial charge in [0.15, 0.2) is 11.5 Å². The fourth-order valence-corrected chi connectivity index (χ4v) is 3.06. The van der Waals surface area contributed by atoms with Crippen molar-refractivity contribution in [2.75, 3.05) is 33.4 Å². The molecule has 1 amide bonds. The molecule has 1 aromatic rings. The van der Waals surface area contributed by atoms with E-state index in [2.05, 4.69) is 17.1 Å². The predicted octanol–water partition coefficient (Wildman–Crippen LogP) is 2.45. The third-order valence-electron chi connectivity index (χ3n) is 4.32. The van der Waals surface area contributed by atoms with Crippen LogP contribution in [0.4, 0.5) is 0 Å². The number of nitrogens with one attached hydrogen (secondary N) is 1. The van der Waals surface area contributed by atoms with E-state index in [4.69, 9.17) is 9.47 Å². The Hall–Kier alpha value is -1.75. The Morgan fingerprint density at radius 2 is 2.09 bits per heavy atom. The zero-order valence-electron chi connectivity index (χ0n) is 14.2. The standard InChI is InChI=1S/C18H28N2O3/c1-3-15-8-6-7-12-20(15)14-18(21)19-11-13-23-17-10-5-4-9-16(17)22-2/h4-5,9-10,15H,3,6-8,11-14H2,1-2H3,(H,19,21)/t15-/m1/s1. The van der Waals surface area contributed by atoms with Gasteiger partial charge in [0.05, 0.1) is 20.2 Å². The van der Waals surface area contributed by atoms with E-state index in [1.807, 2.05) is 24.3 Å². The Bertz CT molecular complexity index is 493. The second-order valence-corrected chi connectivity index (χ2v) is 5.88. The van der Waals surface area contributed by atoms with Crippen molar-refractivity contribution < 1.29 is 14.3 Å². The Balaban J connectivity index is 1.68. The number of amides is 1. The van der Waals surface area contributed by atoms with E-state index in [0.717, 1.165) is 13.0 Å². The molecule has 0 unspecified atom stereocenters. The summed E-state index contributed by atoms with van der Waals surface area (Å²) in [5.74, 6) is 1.48. The van der Waals surface area contributed by atoms with Gasteiger partial charge >= 0.3 is 0 Å². The molecule has 0 radical (unpaired) electrons.